The van der Waals surface area contributed by atoms with E-state index in [0.29, 0.717) is 13.0 Å². The fourth-order valence-electron chi connectivity index (χ4n) is 0.846. The molecule has 56 valence electrons. The molecule has 0 radical (unpaired) electrons. The molecule has 0 aromatic rings. The van der Waals surface area contributed by atoms with Crippen molar-refractivity contribution in [3.63, 3.8) is 0 Å². The van der Waals surface area contributed by atoms with Crippen LogP contribution in [-0.2, 0) is 9.53 Å². The minimum absolute atomic E-state index is 0.140. The highest BCUT2D eigenvalue weighted by atomic mass is 16.6. The number of amides is 2. The van der Waals surface area contributed by atoms with Crippen molar-refractivity contribution in [2.45, 2.75) is 13.3 Å². The predicted molar refractivity (Wildman–Crippen MR) is 33.4 cm³/mol. The highest BCUT2D eigenvalue weighted by Gasteiger charge is 2.25. The number of imide groups is 1. The van der Waals surface area contributed by atoms with E-state index in [1.807, 2.05) is 0 Å². The molecule has 10 heavy (non-hydrogen) atoms. The highest BCUT2D eigenvalue weighted by molar-refractivity contribution is 5.93. The zero-order valence-electron chi connectivity index (χ0n) is 5.79. The van der Waals surface area contributed by atoms with E-state index in [4.69, 9.17) is 0 Å². The van der Waals surface area contributed by atoms with Crippen molar-refractivity contribution in [1.82, 2.24) is 4.90 Å². The van der Waals surface area contributed by atoms with Gasteiger partial charge in [0.05, 0.1) is 6.42 Å². The van der Waals surface area contributed by atoms with E-state index < -0.39 is 6.09 Å². The van der Waals surface area contributed by atoms with Gasteiger partial charge in [-0.1, -0.05) is 0 Å². The number of ether oxygens (including phenoxy) is 1. The summed E-state index contributed by atoms with van der Waals surface area (Å²) >= 11 is 0. The van der Waals surface area contributed by atoms with E-state index in [1.54, 1.807) is 6.92 Å². The molecule has 1 saturated heterocycles. The van der Waals surface area contributed by atoms with E-state index in [-0.39, 0.29) is 12.5 Å². The first kappa shape index (κ1) is 7.05. The van der Waals surface area contributed by atoms with Crippen LogP contribution >= 0.6 is 0 Å². The maximum absolute atomic E-state index is 10.9. The Labute approximate surface area is 58.8 Å². The van der Waals surface area contributed by atoms with Crippen molar-refractivity contribution in [2.24, 2.45) is 0 Å². The number of carbonyl (C=O) groups excluding carboxylic acids is 2. The van der Waals surface area contributed by atoms with Crippen LogP contribution in [0.1, 0.15) is 13.3 Å². The summed E-state index contributed by atoms with van der Waals surface area (Å²) in [7, 11) is 0. The van der Waals surface area contributed by atoms with E-state index in [9.17, 15) is 9.59 Å². The van der Waals surface area contributed by atoms with Gasteiger partial charge in [-0.25, -0.2) is 9.69 Å². The Kier molecular flexibility index (Phi) is 1.89. The summed E-state index contributed by atoms with van der Waals surface area (Å²) in [4.78, 5) is 22.7. The smallest absolute Gasteiger partial charge is 0.416 e. The van der Waals surface area contributed by atoms with Crippen molar-refractivity contribution in [3.05, 3.63) is 0 Å². The molecular formula is C6H9NO3. The topological polar surface area (TPSA) is 46.6 Å². The number of hydrogen-bond acceptors (Lipinski definition) is 3. The van der Waals surface area contributed by atoms with Crippen LogP contribution in [0, 0.1) is 0 Å². The fraction of sp³-hybridized carbons (Fsp3) is 0.667. The van der Waals surface area contributed by atoms with Gasteiger partial charge in [0.25, 0.3) is 0 Å². The zero-order valence-corrected chi connectivity index (χ0v) is 5.79. The molecule has 1 fully saturated rings. The van der Waals surface area contributed by atoms with Gasteiger partial charge in [-0.15, -0.1) is 0 Å². The largest absolute Gasteiger partial charge is 0.449 e. The number of hydrogen-bond donors (Lipinski definition) is 0. The van der Waals surface area contributed by atoms with E-state index in [2.05, 4.69) is 4.74 Å². The average Bonchev–Trinajstić information content (AvgIpc) is 1.88. The minimum atomic E-state index is -0.515. The van der Waals surface area contributed by atoms with Gasteiger partial charge in [-0.05, 0) is 6.92 Å². The first-order valence-electron chi connectivity index (χ1n) is 3.23. The first-order chi connectivity index (χ1) is 4.75. The molecule has 2 amide bonds. The van der Waals surface area contributed by atoms with Crippen LogP contribution in [0.5, 0.6) is 0 Å². The van der Waals surface area contributed by atoms with Gasteiger partial charge in [0, 0.05) is 6.54 Å². The summed E-state index contributed by atoms with van der Waals surface area (Å²) < 4.78 is 4.62. The van der Waals surface area contributed by atoms with Crippen LogP contribution < -0.4 is 0 Å². The van der Waals surface area contributed by atoms with Gasteiger partial charge in [-0.2, -0.15) is 0 Å². The third-order valence-electron chi connectivity index (χ3n) is 1.38. The first-order valence-corrected chi connectivity index (χ1v) is 3.23. The Hall–Kier alpha value is -1.06. The average molecular weight is 143 g/mol. The van der Waals surface area contributed by atoms with Crippen molar-refractivity contribution in [3.8, 4) is 0 Å². The summed E-state index contributed by atoms with van der Waals surface area (Å²) in [6.07, 6.45) is -0.196. The Balaban J connectivity index is 2.62. The third-order valence-corrected chi connectivity index (χ3v) is 1.38. The summed E-state index contributed by atoms with van der Waals surface area (Å²) in [5, 5.41) is 0. The molecule has 0 aliphatic carbocycles. The molecule has 4 heteroatoms. The van der Waals surface area contributed by atoms with E-state index >= 15 is 0 Å². The molecule has 0 saturated carbocycles. The quantitative estimate of drug-likeness (QED) is 0.533. The Bertz CT molecular complexity index is 150. The second kappa shape index (κ2) is 2.68. The molecule has 0 atom stereocenters. The fourth-order valence-corrected chi connectivity index (χ4v) is 0.846. The highest BCUT2D eigenvalue weighted by Crippen LogP contribution is 2.04. The minimum Gasteiger partial charge on any atom is -0.449 e. The molecule has 1 rings (SSSR count). The van der Waals surface area contributed by atoms with Crippen LogP contribution in [0.25, 0.3) is 0 Å². The standard InChI is InChI=1S/C6H9NO3/c1-2-7-5(8)3-4-10-6(7)9/h2-4H2,1H3. The second-order valence-electron chi connectivity index (χ2n) is 2.00. The van der Waals surface area contributed by atoms with Crippen LogP contribution in [0.4, 0.5) is 4.79 Å². The molecule has 1 aliphatic rings. The van der Waals surface area contributed by atoms with Crippen molar-refractivity contribution in [1.29, 1.82) is 0 Å². The van der Waals surface area contributed by atoms with Crippen LogP contribution in [-0.4, -0.2) is 30.1 Å². The van der Waals surface area contributed by atoms with Crippen molar-refractivity contribution in [2.75, 3.05) is 13.2 Å². The summed E-state index contributed by atoms with van der Waals surface area (Å²) in [5.74, 6) is -0.140. The lowest BCUT2D eigenvalue weighted by Gasteiger charge is -2.22. The molecule has 0 spiro atoms. The lowest BCUT2D eigenvalue weighted by molar-refractivity contribution is -0.133. The van der Waals surface area contributed by atoms with Gasteiger partial charge in [0.1, 0.15) is 6.61 Å². The Morgan fingerprint density at radius 1 is 1.60 bits per heavy atom. The van der Waals surface area contributed by atoms with Gasteiger partial charge in [0.15, 0.2) is 0 Å². The van der Waals surface area contributed by atoms with E-state index in [0.717, 1.165) is 4.90 Å². The van der Waals surface area contributed by atoms with Gasteiger partial charge in [-0.3, -0.25) is 4.79 Å². The molecule has 1 aliphatic heterocycles. The normalized spacial score (nSPS) is 19.1. The Morgan fingerprint density at radius 3 is 2.70 bits per heavy atom. The Morgan fingerprint density at radius 2 is 2.30 bits per heavy atom. The second-order valence-corrected chi connectivity index (χ2v) is 2.00. The number of cyclic esters (lactones) is 1. The van der Waals surface area contributed by atoms with Crippen molar-refractivity contribution < 1.29 is 14.3 Å². The maximum Gasteiger partial charge on any atom is 0.416 e. The van der Waals surface area contributed by atoms with Crippen LogP contribution in [0.15, 0.2) is 0 Å². The van der Waals surface area contributed by atoms with Crippen molar-refractivity contribution >= 4 is 12.0 Å². The maximum atomic E-state index is 10.9. The van der Waals surface area contributed by atoms with Crippen LogP contribution in [0.3, 0.4) is 0 Å². The van der Waals surface area contributed by atoms with Gasteiger partial charge in [0.2, 0.25) is 5.91 Å². The summed E-state index contributed by atoms with van der Waals surface area (Å²) in [6.45, 7) is 2.37. The zero-order chi connectivity index (χ0) is 7.56. The number of carbonyl (C=O) groups is 2. The molecule has 0 aromatic carbocycles. The SMILES string of the molecule is CCN1C(=O)CCOC1=O. The van der Waals surface area contributed by atoms with Gasteiger partial charge >= 0.3 is 6.09 Å². The molecule has 0 bridgehead atoms. The molecular weight excluding hydrogens is 134 g/mol. The predicted octanol–water partition coefficient (Wildman–Crippen LogP) is 0.375. The van der Waals surface area contributed by atoms with Gasteiger partial charge < -0.3 is 4.74 Å². The van der Waals surface area contributed by atoms with Crippen LogP contribution in [0.2, 0.25) is 0 Å². The lowest BCUT2D eigenvalue weighted by atomic mass is 10.3. The molecule has 4 nitrogen and oxygen atoms in total. The monoisotopic (exact) mass is 143 g/mol. The number of nitrogens with zero attached hydrogens (tertiary/aromatic N) is 1. The lowest BCUT2D eigenvalue weighted by Crippen LogP contribution is -2.41. The van der Waals surface area contributed by atoms with E-state index in [1.165, 1.54) is 0 Å². The molecule has 0 N–H and O–H groups in total. The molecule has 0 unspecified atom stereocenters. The summed E-state index contributed by atoms with van der Waals surface area (Å²) in [6, 6.07) is 0. The third kappa shape index (κ3) is 1.10. The number of rotatable bonds is 1. The molecule has 1 heterocycles. The summed E-state index contributed by atoms with van der Waals surface area (Å²) in [5.41, 5.74) is 0. The molecule has 0 aromatic heterocycles.